The van der Waals surface area contributed by atoms with Crippen molar-refractivity contribution in [3.05, 3.63) is 41.9 Å². The number of rotatable bonds is 3. The zero-order chi connectivity index (χ0) is 12.5. The molecule has 0 spiro atoms. The molecule has 17 heavy (non-hydrogen) atoms. The van der Waals surface area contributed by atoms with Crippen molar-refractivity contribution in [3.8, 4) is 0 Å². The summed E-state index contributed by atoms with van der Waals surface area (Å²) in [4.78, 5) is -0.155. The summed E-state index contributed by atoms with van der Waals surface area (Å²) in [6.45, 7) is 1.61. The van der Waals surface area contributed by atoms with Crippen molar-refractivity contribution in [3.63, 3.8) is 0 Å². The van der Waals surface area contributed by atoms with Crippen LogP contribution in [-0.2, 0) is 10.0 Å². The van der Waals surface area contributed by atoms with Crippen LogP contribution in [0.4, 0.5) is 10.2 Å². The molecule has 0 unspecified atom stereocenters. The van der Waals surface area contributed by atoms with Gasteiger partial charge in [-0.15, -0.1) is 0 Å². The molecule has 2 rings (SSSR count). The van der Waals surface area contributed by atoms with Gasteiger partial charge >= 0.3 is 0 Å². The third-order valence-electron chi connectivity index (χ3n) is 2.00. The third kappa shape index (κ3) is 2.62. The number of sulfonamides is 1. The van der Waals surface area contributed by atoms with Crippen LogP contribution in [0.25, 0.3) is 0 Å². The zero-order valence-corrected chi connectivity index (χ0v) is 9.66. The molecule has 90 valence electrons. The Morgan fingerprint density at radius 1 is 1.35 bits per heavy atom. The first-order valence-electron chi connectivity index (χ1n) is 4.68. The van der Waals surface area contributed by atoms with Crippen LogP contribution in [0.5, 0.6) is 0 Å². The van der Waals surface area contributed by atoms with Gasteiger partial charge in [-0.25, -0.2) is 12.8 Å². The van der Waals surface area contributed by atoms with E-state index in [1.54, 1.807) is 6.92 Å². The van der Waals surface area contributed by atoms with E-state index >= 15 is 0 Å². The first kappa shape index (κ1) is 11.6. The van der Waals surface area contributed by atoms with Crippen LogP contribution >= 0.6 is 0 Å². The number of halogens is 1. The van der Waals surface area contributed by atoms with Crippen LogP contribution in [0, 0.1) is 12.7 Å². The highest BCUT2D eigenvalue weighted by Gasteiger charge is 2.16. The number of aryl methyl sites for hydroxylation is 1. The summed E-state index contributed by atoms with van der Waals surface area (Å²) < 4.78 is 43.5. The highest BCUT2D eigenvalue weighted by Crippen LogP contribution is 2.17. The molecule has 0 aliphatic rings. The standard InChI is InChI=1S/C10H9FN2O3S/c1-7-4-8(11)6-9(5-7)17(14,15)13-10-2-3-16-12-10/h2-6H,1H3,(H,12,13). The minimum atomic E-state index is -3.84. The molecule has 0 saturated heterocycles. The van der Waals surface area contributed by atoms with Gasteiger partial charge in [0.25, 0.3) is 10.0 Å². The average molecular weight is 256 g/mol. The molecule has 7 heteroatoms. The smallest absolute Gasteiger partial charge is 0.263 e. The Hall–Kier alpha value is -1.89. The Morgan fingerprint density at radius 3 is 2.71 bits per heavy atom. The van der Waals surface area contributed by atoms with Gasteiger partial charge in [0.2, 0.25) is 0 Å². The topological polar surface area (TPSA) is 72.2 Å². The largest absolute Gasteiger partial charge is 0.363 e. The lowest BCUT2D eigenvalue weighted by atomic mass is 10.2. The predicted molar refractivity (Wildman–Crippen MR) is 58.4 cm³/mol. The maximum Gasteiger partial charge on any atom is 0.263 e. The lowest BCUT2D eigenvalue weighted by Crippen LogP contribution is -2.13. The van der Waals surface area contributed by atoms with E-state index in [1.165, 1.54) is 24.5 Å². The van der Waals surface area contributed by atoms with Crippen molar-refractivity contribution in [2.45, 2.75) is 11.8 Å². The normalized spacial score (nSPS) is 11.4. The van der Waals surface area contributed by atoms with Gasteiger partial charge in [0, 0.05) is 6.07 Å². The summed E-state index contributed by atoms with van der Waals surface area (Å²) in [7, 11) is -3.84. The van der Waals surface area contributed by atoms with Gasteiger partial charge in [0.05, 0.1) is 4.90 Å². The maximum absolute atomic E-state index is 13.1. The van der Waals surface area contributed by atoms with Gasteiger partial charge in [-0.2, -0.15) is 0 Å². The highest BCUT2D eigenvalue weighted by atomic mass is 32.2. The molecule has 0 bridgehead atoms. The molecule has 5 nitrogen and oxygen atoms in total. The van der Waals surface area contributed by atoms with E-state index in [0.29, 0.717) is 5.56 Å². The first-order chi connectivity index (χ1) is 7.97. The van der Waals surface area contributed by atoms with Crippen molar-refractivity contribution >= 4 is 15.8 Å². The van der Waals surface area contributed by atoms with E-state index < -0.39 is 15.8 Å². The molecule has 0 fully saturated rings. The van der Waals surface area contributed by atoms with E-state index in [2.05, 4.69) is 14.4 Å². The van der Waals surface area contributed by atoms with E-state index in [-0.39, 0.29) is 10.7 Å². The summed E-state index contributed by atoms with van der Waals surface area (Å²) in [5.74, 6) is -0.558. The van der Waals surface area contributed by atoms with Crippen LogP contribution in [-0.4, -0.2) is 13.6 Å². The molecule has 1 aromatic carbocycles. The molecule has 1 aromatic heterocycles. The Kier molecular flexibility index (Phi) is 2.84. The van der Waals surface area contributed by atoms with Crippen molar-refractivity contribution in [1.29, 1.82) is 0 Å². The summed E-state index contributed by atoms with van der Waals surface area (Å²) in [6.07, 6.45) is 1.23. The highest BCUT2D eigenvalue weighted by molar-refractivity contribution is 7.92. The Balaban J connectivity index is 2.38. The zero-order valence-electron chi connectivity index (χ0n) is 8.84. The fraction of sp³-hybridized carbons (Fsp3) is 0.100. The summed E-state index contributed by atoms with van der Waals surface area (Å²) in [5, 5.41) is 3.41. The van der Waals surface area contributed by atoms with Gasteiger partial charge in [-0.3, -0.25) is 4.72 Å². The van der Waals surface area contributed by atoms with Crippen LogP contribution < -0.4 is 4.72 Å². The minimum Gasteiger partial charge on any atom is -0.363 e. The summed E-state index contributed by atoms with van der Waals surface area (Å²) in [6, 6.07) is 4.90. The van der Waals surface area contributed by atoms with Crippen molar-refractivity contribution < 1.29 is 17.3 Å². The van der Waals surface area contributed by atoms with E-state index in [9.17, 15) is 12.8 Å². The van der Waals surface area contributed by atoms with Gasteiger partial charge in [0.15, 0.2) is 5.82 Å². The second-order valence-electron chi connectivity index (χ2n) is 3.45. The molecule has 1 heterocycles. The number of anilines is 1. The number of nitrogens with zero attached hydrogens (tertiary/aromatic N) is 1. The molecule has 0 saturated carbocycles. The molecular weight excluding hydrogens is 247 g/mol. The second-order valence-corrected chi connectivity index (χ2v) is 5.14. The first-order valence-corrected chi connectivity index (χ1v) is 6.16. The van der Waals surface area contributed by atoms with Crippen molar-refractivity contribution in [2.24, 2.45) is 0 Å². The van der Waals surface area contributed by atoms with Crippen molar-refractivity contribution in [2.75, 3.05) is 4.72 Å². The average Bonchev–Trinajstić information content (AvgIpc) is 2.68. The quantitative estimate of drug-likeness (QED) is 0.910. The molecule has 0 atom stereocenters. The van der Waals surface area contributed by atoms with Gasteiger partial charge in [0.1, 0.15) is 12.1 Å². The lowest BCUT2D eigenvalue weighted by molar-refractivity contribution is 0.423. The molecule has 1 N–H and O–H groups in total. The number of hydrogen-bond acceptors (Lipinski definition) is 4. The minimum absolute atomic E-state index is 0.0481. The Labute approximate surface area is 97.3 Å². The van der Waals surface area contributed by atoms with E-state index in [0.717, 1.165) is 6.07 Å². The fourth-order valence-corrected chi connectivity index (χ4v) is 2.43. The van der Waals surface area contributed by atoms with Crippen LogP contribution in [0.2, 0.25) is 0 Å². The second kappa shape index (κ2) is 4.17. The number of benzene rings is 1. The third-order valence-corrected chi connectivity index (χ3v) is 3.34. The molecule has 0 aliphatic heterocycles. The van der Waals surface area contributed by atoms with Gasteiger partial charge in [-0.1, -0.05) is 5.16 Å². The molecular formula is C10H9FN2O3S. The predicted octanol–water partition coefficient (Wildman–Crippen LogP) is 1.92. The SMILES string of the molecule is Cc1cc(F)cc(S(=O)(=O)Nc2ccon2)c1. The van der Waals surface area contributed by atoms with Crippen LogP contribution in [0.15, 0.2) is 39.9 Å². The number of nitrogens with one attached hydrogen (secondary N) is 1. The monoisotopic (exact) mass is 256 g/mol. The van der Waals surface area contributed by atoms with Crippen molar-refractivity contribution in [1.82, 2.24) is 5.16 Å². The van der Waals surface area contributed by atoms with E-state index in [4.69, 9.17) is 0 Å². The van der Waals surface area contributed by atoms with Gasteiger partial charge in [-0.05, 0) is 30.7 Å². The summed E-state index contributed by atoms with van der Waals surface area (Å²) in [5.41, 5.74) is 0.519. The van der Waals surface area contributed by atoms with Gasteiger partial charge < -0.3 is 4.52 Å². The maximum atomic E-state index is 13.1. The fourth-order valence-electron chi connectivity index (χ4n) is 1.32. The Bertz CT molecular complexity index is 603. The number of aromatic nitrogens is 1. The lowest BCUT2D eigenvalue weighted by Gasteiger charge is -2.05. The van der Waals surface area contributed by atoms with E-state index in [1.807, 2.05) is 0 Å². The molecule has 0 amide bonds. The van der Waals surface area contributed by atoms with Crippen LogP contribution in [0.1, 0.15) is 5.56 Å². The Morgan fingerprint density at radius 2 is 2.12 bits per heavy atom. The molecule has 2 aromatic rings. The summed E-state index contributed by atoms with van der Waals surface area (Å²) >= 11 is 0. The molecule has 0 aliphatic carbocycles. The number of hydrogen-bond donors (Lipinski definition) is 1. The molecule has 0 radical (unpaired) electrons. The van der Waals surface area contributed by atoms with Crippen LogP contribution in [0.3, 0.4) is 0 Å².